The van der Waals surface area contributed by atoms with Gasteiger partial charge in [0.15, 0.2) is 11.9 Å². The number of furan rings is 1. The molecule has 36 heavy (non-hydrogen) atoms. The van der Waals surface area contributed by atoms with Crippen molar-refractivity contribution in [2.45, 2.75) is 46.9 Å². The number of hydrogen-bond acceptors (Lipinski definition) is 1. The molecule has 0 spiro atoms. The smallest absolute Gasteiger partial charge is 0.216 e. The Bertz CT molecular complexity index is 1770. The molecule has 0 saturated heterocycles. The lowest BCUT2D eigenvalue weighted by Gasteiger charge is -2.09. The monoisotopic (exact) mass is 476 g/mol. The lowest BCUT2D eigenvalue weighted by atomic mass is 9.96. The van der Waals surface area contributed by atoms with E-state index in [0.29, 0.717) is 28.3 Å². The summed E-state index contributed by atoms with van der Waals surface area (Å²) in [4.78, 5) is 3.82. The zero-order valence-electron chi connectivity index (χ0n) is 24.7. The van der Waals surface area contributed by atoms with Gasteiger partial charge < -0.3 is 4.42 Å². The topological polar surface area (TPSA) is 21.4 Å². The zero-order valence-corrected chi connectivity index (χ0v) is 21.7. The van der Waals surface area contributed by atoms with E-state index in [1.807, 2.05) is 44.5 Å². The molecule has 0 aliphatic heterocycles. The Hall–Kier alpha value is -3.90. The molecule has 0 fully saturated rings. The Labute approximate surface area is 218 Å². The normalized spacial score (nSPS) is 13.2. The number of hydrogen-bond donors (Lipinski definition) is 0. The van der Waals surface area contributed by atoms with E-state index < -0.39 is 6.37 Å². The van der Waals surface area contributed by atoms with Crippen LogP contribution in [0.25, 0.3) is 49.2 Å². The van der Waals surface area contributed by atoms with E-state index in [0.717, 1.165) is 38.7 Å². The van der Waals surface area contributed by atoms with Crippen LogP contribution in [0.1, 0.15) is 54.4 Å². The van der Waals surface area contributed by atoms with Crippen LogP contribution < -0.4 is 4.57 Å². The molecule has 0 amide bonds. The average molecular weight is 477 g/mol. The molecule has 0 unspecified atom stereocenters. The Balaban J connectivity index is 1.79. The predicted octanol–water partition coefficient (Wildman–Crippen LogP) is 8.93. The van der Waals surface area contributed by atoms with E-state index in [-0.39, 0.29) is 12.0 Å². The second-order valence-corrected chi connectivity index (χ2v) is 10.1. The summed E-state index contributed by atoms with van der Waals surface area (Å²) in [5, 5.41) is 1.87. The molecule has 0 N–H and O–H groups in total. The maximum Gasteiger partial charge on any atom is 0.216 e. The number of aryl methyl sites for hydroxylation is 2. The summed E-state index contributed by atoms with van der Waals surface area (Å²) in [6.07, 6.45) is 0.112. The van der Waals surface area contributed by atoms with Gasteiger partial charge in [-0.25, -0.2) is 9.41 Å². The summed E-state index contributed by atoms with van der Waals surface area (Å²) < 4.78 is 34.4. The SMILES string of the molecule is [2H]c1cc(-c2c(C)ccc3c2oc2c(-c4ccc(C(C)C)cc4)c([N+]#[C-])ccc23)[n+](C)cc1C([2H])([2H])C(C)C. The summed E-state index contributed by atoms with van der Waals surface area (Å²) in [5.41, 5.74) is 7.86. The van der Waals surface area contributed by atoms with Crippen molar-refractivity contribution in [2.75, 3.05) is 0 Å². The van der Waals surface area contributed by atoms with Crippen molar-refractivity contribution < 1.29 is 13.1 Å². The minimum atomic E-state index is -1.62. The summed E-state index contributed by atoms with van der Waals surface area (Å²) >= 11 is 0. The van der Waals surface area contributed by atoms with Gasteiger partial charge in [-0.1, -0.05) is 76.2 Å². The quantitative estimate of drug-likeness (QED) is 0.183. The van der Waals surface area contributed by atoms with Crippen LogP contribution in [-0.2, 0) is 13.4 Å². The zero-order chi connectivity index (χ0) is 28.2. The number of nitrogens with zero attached hydrogens (tertiary/aromatic N) is 2. The number of pyridine rings is 1. The highest BCUT2D eigenvalue weighted by atomic mass is 16.3. The number of fused-ring (bicyclic) bond motifs is 3. The highest BCUT2D eigenvalue weighted by Gasteiger charge is 2.23. The van der Waals surface area contributed by atoms with Crippen molar-refractivity contribution in [2.24, 2.45) is 13.0 Å². The first-order chi connectivity index (χ1) is 18.4. The van der Waals surface area contributed by atoms with Crippen LogP contribution in [0.5, 0.6) is 0 Å². The van der Waals surface area contributed by atoms with Gasteiger partial charge in [-0.05, 0) is 47.9 Å². The van der Waals surface area contributed by atoms with Crippen LogP contribution >= 0.6 is 0 Å². The van der Waals surface area contributed by atoms with Crippen molar-refractivity contribution in [3.05, 3.63) is 94.9 Å². The van der Waals surface area contributed by atoms with Crippen LogP contribution in [0.4, 0.5) is 5.69 Å². The first kappa shape index (κ1) is 20.3. The van der Waals surface area contributed by atoms with E-state index in [1.54, 1.807) is 12.3 Å². The Morgan fingerprint density at radius 2 is 1.61 bits per heavy atom. The predicted molar refractivity (Wildman–Crippen MR) is 149 cm³/mol. The van der Waals surface area contributed by atoms with Crippen molar-refractivity contribution in [3.8, 4) is 22.4 Å². The van der Waals surface area contributed by atoms with Gasteiger partial charge in [0.05, 0.1) is 13.5 Å². The van der Waals surface area contributed by atoms with Crippen LogP contribution in [0.3, 0.4) is 0 Å². The van der Waals surface area contributed by atoms with Crippen molar-refractivity contribution in [3.63, 3.8) is 0 Å². The molecule has 3 heteroatoms. The van der Waals surface area contributed by atoms with Gasteiger partial charge in [0.1, 0.15) is 18.2 Å². The van der Waals surface area contributed by atoms with Crippen LogP contribution in [-0.4, -0.2) is 0 Å². The fourth-order valence-electron chi connectivity index (χ4n) is 4.90. The molecule has 0 radical (unpaired) electrons. The lowest BCUT2D eigenvalue weighted by Crippen LogP contribution is -2.31. The van der Waals surface area contributed by atoms with Crippen molar-refractivity contribution >= 4 is 27.6 Å². The molecule has 0 atom stereocenters. The van der Waals surface area contributed by atoms with Crippen LogP contribution in [0, 0.1) is 19.4 Å². The lowest BCUT2D eigenvalue weighted by molar-refractivity contribution is -0.660. The maximum absolute atomic E-state index is 8.72. The van der Waals surface area contributed by atoms with E-state index >= 15 is 0 Å². The Morgan fingerprint density at radius 3 is 2.25 bits per heavy atom. The van der Waals surface area contributed by atoms with Gasteiger partial charge in [0, 0.05) is 30.7 Å². The third kappa shape index (κ3) is 4.07. The van der Waals surface area contributed by atoms with Gasteiger partial charge in [0.25, 0.3) is 0 Å². The molecule has 0 bridgehead atoms. The second-order valence-electron chi connectivity index (χ2n) is 10.1. The minimum absolute atomic E-state index is 0.163. The molecule has 2 aromatic heterocycles. The summed E-state index contributed by atoms with van der Waals surface area (Å²) in [5.74, 6) is 0.148. The van der Waals surface area contributed by atoms with Gasteiger partial charge in [-0.15, -0.1) is 0 Å². The largest absolute Gasteiger partial charge is 0.456 e. The van der Waals surface area contributed by atoms with Gasteiger partial charge in [0.2, 0.25) is 5.69 Å². The highest BCUT2D eigenvalue weighted by Crippen LogP contribution is 2.44. The van der Waals surface area contributed by atoms with Gasteiger partial charge >= 0.3 is 0 Å². The summed E-state index contributed by atoms with van der Waals surface area (Å²) in [6, 6.07) is 18.2. The summed E-state index contributed by atoms with van der Waals surface area (Å²) in [7, 11) is 1.88. The highest BCUT2D eigenvalue weighted by molar-refractivity contribution is 6.15. The fourth-order valence-corrected chi connectivity index (χ4v) is 4.90. The van der Waals surface area contributed by atoms with E-state index in [9.17, 15) is 0 Å². The molecule has 3 nitrogen and oxygen atoms in total. The minimum Gasteiger partial charge on any atom is -0.456 e. The van der Waals surface area contributed by atoms with E-state index in [4.69, 9.17) is 15.1 Å². The first-order valence-electron chi connectivity index (χ1n) is 13.9. The number of rotatable bonds is 5. The molecule has 2 heterocycles. The molecule has 180 valence electrons. The third-order valence-electron chi connectivity index (χ3n) is 6.75. The van der Waals surface area contributed by atoms with Gasteiger partial charge in [-0.2, -0.15) is 0 Å². The maximum atomic E-state index is 8.72. The number of aromatic nitrogens is 1. The molecule has 5 rings (SSSR count). The Kier molecular flexibility index (Phi) is 5.24. The first-order valence-corrected chi connectivity index (χ1v) is 12.4. The van der Waals surface area contributed by atoms with Crippen LogP contribution in [0.2, 0.25) is 0 Å². The molecule has 0 saturated carbocycles. The van der Waals surface area contributed by atoms with E-state index in [1.165, 1.54) is 5.56 Å². The Morgan fingerprint density at radius 1 is 0.944 bits per heavy atom. The molecule has 0 aliphatic rings. The van der Waals surface area contributed by atoms with Crippen molar-refractivity contribution in [1.82, 2.24) is 0 Å². The standard InChI is InChI=1S/C33H33N2O/c1-20(2)18-23-9-17-29(35(7)19-23)30-22(5)8-14-26-27-15-16-28(34-6)31(33(27)36-32(26)30)25-12-10-24(11-13-25)21(3)4/h8-17,19-21H,18H2,1-5,7H3/q+1/i9D,18D2. The second kappa shape index (κ2) is 9.28. The molecule has 0 aliphatic carbocycles. The molecular weight excluding hydrogens is 440 g/mol. The average Bonchev–Trinajstić information content (AvgIpc) is 3.27. The van der Waals surface area contributed by atoms with Gasteiger partial charge in [-0.3, -0.25) is 0 Å². The van der Waals surface area contributed by atoms with Crippen LogP contribution in [0.15, 0.2) is 71.3 Å². The summed E-state index contributed by atoms with van der Waals surface area (Å²) in [6.45, 7) is 17.8. The third-order valence-corrected chi connectivity index (χ3v) is 6.75. The molecular formula is C33H33N2O+. The molecule has 5 aromatic rings. The molecule has 3 aromatic carbocycles. The number of benzene rings is 3. The van der Waals surface area contributed by atoms with E-state index in [2.05, 4.69) is 55.1 Å². The fraction of sp³-hybridized carbons (Fsp3) is 0.273. The van der Waals surface area contributed by atoms with Crippen molar-refractivity contribution in [1.29, 1.82) is 0 Å².